The van der Waals surface area contributed by atoms with Crippen molar-refractivity contribution in [3.8, 4) is 0 Å². The van der Waals surface area contributed by atoms with Crippen molar-refractivity contribution in [1.82, 2.24) is 15.5 Å². The minimum atomic E-state index is -4.73. The number of carbonyl (C=O) groups is 2. The second-order valence-electron chi connectivity index (χ2n) is 6.00. The number of pyridine rings is 1. The van der Waals surface area contributed by atoms with Crippen LogP contribution in [0.3, 0.4) is 0 Å². The summed E-state index contributed by atoms with van der Waals surface area (Å²) >= 11 is 0. The molecule has 1 atom stereocenters. The van der Waals surface area contributed by atoms with Gasteiger partial charge in [0.2, 0.25) is 0 Å². The van der Waals surface area contributed by atoms with Crippen LogP contribution in [0.4, 0.5) is 13.2 Å². The number of alkyl halides is 3. The van der Waals surface area contributed by atoms with Crippen molar-refractivity contribution in [2.45, 2.75) is 44.3 Å². The summed E-state index contributed by atoms with van der Waals surface area (Å²) < 4.78 is 42.6. The van der Waals surface area contributed by atoms with E-state index < -0.39 is 30.5 Å². The van der Waals surface area contributed by atoms with Crippen LogP contribution < -0.4 is 5.32 Å². The van der Waals surface area contributed by atoms with E-state index in [2.05, 4.69) is 10.1 Å². The number of aromatic nitrogens is 2. The standard InChI is InChI=1S/C15H14F3N3O4/c1-6-11-8(4-9(7-2-3-7)20-13(11)25-21-6)12(22)19-10(14(23)24)5-15(16,17)18/h4,7,10H,2-3,5H2,1H3,(H,19,22)(H,23,24). The van der Waals surface area contributed by atoms with Crippen LogP contribution in [0.15, 0.2) is 10.6 Å². The zero-order chi connectivity index (χ0) is 18.4. The van der Waals surface area contributed by atoms with Gasteiger partial charge in [-0.3, -0.25) is 4.79 Å². The zero-order valence-corrected chi connectivity index (χ0v) is 13.1. The average Bonchev–Trinajstić information content (AvgIpc) is 3.29. The van der Waals surface area contributed by atoms with E-state index >= 15 is 0 Å². The molecule has 3 rings (SSSR count). The van der Waals surface area contributed by atoms with Crippen molar-refractivity contribution in [3.05, 3.63) is 23.0 Å². The number of rotatable bonds is 5. The van der Waals surface area contributed by atoms with Gasteiger partial charge in [-0.15, -0.1) is 0 Å². The molecule has 2 aromatic rings. The molecule has 0 aliphatic heterocycles. The molecule has 0 saturated heterocycles. The van der Waals surface area contributed by atoms with Crippen molar-refractivity contribution in [2.24, 2.45) is 0 Å². The highest BCUT2D eigenvalue weighted by atomic mass is 19.4. The molecule has 1 unspecified atom stereocenters. The highest BCUT2D eigenvalue weighted by Gasteiger charge is 2.37. The number of carboxylic acids is 1. The first-order valence-electron chi connectivity index (χ1n) is 7.53. The minimum absolute atomic E-state index is 0.0130. The molecule has 1 amide bonds. The van der Waals surface area contributed by atoms with E-state index in [9.17, 15) is 22.8 Å². The monoisotopic (exact) mass is 357 g/mol. The van der Waals surface area contributed by atoms with Gasteiger partial charge in [-0.05, 0) is 25.8 Å². The number of carboxylic acid groups (broad SMARTS) is 1. The summed E-state index contributed by atoms with van der Waals surface area (Å²) in [5, 5.41) is 14.9. The van der Waals surface area contributed by atoms with Crippen LogP contribution in [0.2, 0.25) is 0 Å². The SMILES string of the molecule is Cc1noc2nc(C3CC3)cc(C(=O)NC(CC(F)(F)F)C(=O)O)c12. The molecule has 0 bridgehead atoms. The molecular formula is C15H14F3N3O4. The molecule has 1 aliphatic rings. The van der Waals surface area contributed by atoms with Crippen LogP contribution in [-0.2, 0) is 4.79 Å². The van der Waals surface area contributed by atoms with Gasteiger partial charge in [0.1, 0.15) is 6.04 Å². The predicted molar refractivity (Wildman–Crippen MR) is 78.1 cm³/mol. The van der Waals surface area contributed by atoms with Crippen LogP contribution in [-0.4, -0.2) is 39.3 Å². The summed E-state index contributed by atoms with van der Waals surface area (Å²) in [7, 11) is 0. The van der Waals surface area contributed by atoms with E-state index in [0.717, 1.165) is 12.8 Å². The quantitative estimate of drug-likeness (QED) is 0.852. The van der Waals surface area contributed by atoms with Crippen LogP contribution in [0.25, 0.3) is 11.1 Å². The lowest BCUT2D eigenvalue weighted by Gasteiger charge is -2.16. The Morgan fingerprint density at radius 3 is 2.68 bits per heavy atom. The number of nitrogens with one attached hydrogen (secondary N) is 1. The third kappa shape index (κ3) is 3.72. The molecule has 2 aromatic heterocycles. The third-order valence-electron chi connectivity index (χ3n) is 3.92. The molecule has 2 heterocycles. The Balaban J connectivity index is 1.95. The lowest BCUT2D eigenvalue weighted by atomic mass is 10.1. The molecule has 1 aliphatic carbocycles. The van der Waals surface area contributed by atoms with E-state index in [-0.39, 0.29) is 22.6 Å². The van der Waals surface area contributed by atoms with Gasteiger partial charge < -0.3 is 14.9 Å². The number of halogens is 3. The van der Waals surface area contributed by atoms with Gasteiger partial charge in [0, 0.05) is 11.6 Å². The first-order valence-corrected chi connectivity index (χ1v) is 7.53. The van der Waals surface area contributed by atoms with Crippen molar-refractivity contribution >= 4 is 23.0 Å². The maximum absolute atomic E-state index is 12.5. The molecule has 134 valence electrons. The Morgan fingerprint density at radius 1 is 1.44 bits per heavy atom. The fourth-order valence-corrected chi connectivity index (χ4v) is 2.55. The predicted octanol–water partition coefficient (Wildman–Crippen LogP) is 2.54. The summed E-state index contributed by atoms with van der Waals surface area (Å²) in [6, 6.07) is -0.619. The van der Waals surface area contributed by atoms with E-state index in [0.29, 0.717) is 11.4 Å². The molecule has 1 fully saturated rings. The number of fused-ring (bicyclic) bond motifs is 1. The number of aryl methyl sites for hydroxylation is 1. The van der Waals surface area contributed by atoms with E-state index in [1.54, 1.807) is 6.92 Å². The largest absolute Gasteiger partial charge is 0.480 e. The van der Waals surface area contributed by atoms with Gasteiger partial charge in [-0.2, -0.15) is 13.2 Å². The Morgan fingerprint density at radius 2 is 2.12 bits per heavy atom. The summed E-state index contributed by atoms with van der Waals surface area (Å²) in [5.74, 6) is -2.54. The Bertz CT molecular complexity index is 842. The summed E-state index contributed by atoms with van der Waals surface area (Å²) in [5.41, 5.74) is 1.04. The molecule has 1 saturated carbocycles. The lowest BCUT2D eigenvalue weighted by Crippen LogP contribution is -2.43. The highest BCUT2D eigenvalue weighted by Crippen LogP contribution is 2.40. The minimum Gasteiger partial charge on any atom is -0.480 e. The number of carbonyl (C=O) groups excluding carboxylic acids is 1. The summed E-state index contributed by atoms with van der Waals surface area (Å²) in [6.45, 7) is 1.56. The molecule has 0 aromatic carbocycles. The zero-order valence-electron chi connectivity index (χ0n) is 13.1. The van der Waals surface area contributed by atoms with Crippen molar-refractivity contribution in [2.75, 3.05) is 0 Å². The molecule has 0 radical (unpaired) electrons. The fourth-order valence-electron chi connectivity index (χ4n) is 2.55. The highest BCUT2D eigenvalue weighted by molar-refractivity contribution is 6.07. The van der Waals surface area contributed by atoms with E-state index in [1.165, 1.54) is 6.07 Å². The first kappa shape index (κ1) is 17.2. The summed E-state index contributed by atoms with van der Waals surface area (Å²) in [6.07, 6.45) is -4.62. The number of aliphatic carboxylic acids is 1. The number of hydrogen-bond acceptors (Lipinski definition) is 5. The molecular weight excluding hydrogens is 343 g/mol. The van der Waals surface area contributed by atoms with Crippen LogP contribution >= 0.6 is 0 Å². The van der Waals surface area contributed by atoms with Gasteiger partial charge >= 0.3 is 12.1 Å². The lowest BCUT2D eigenvalue weighted by molar-refractivity contribution is -0.157. The second-order valence-corrected chi connectivity index (χ2v) is 6.00. The van der Waals surface area contributed by atoms with Crippen LogP contribution in [0, 0.1) is 6.92 Å². The topological polar surface area (TPSA) is 105 Å². The second kappa shape index (κ2) is 6.01. The number of nitrogens with zero attached hydrogens (tertiary/aromatic N) is 2. The van der Waals surface area contributed by atoms with E-state index in [1.807, 2.05) is 5.32 Å². The molecule has 0 spiro atoms. The molecule has 10 heteroatoms. The molecule has 2 N–H and O–H groups in total. The molecule has 25 heavy (non-hydrogen) atoms. The van der Waals surface area contributed by atoms with Crippen LogP contribution in [0.1, 0.15) is 46.9 Å². The fraction of sp³-hybridized carbons (Fsp3) is 0.467. The van der Waals surface area contributed by atoms with Gasteiger partial charge in [-0.25, -0.2) is 9.78 Å². The molecule has 7 nitrogen and oxygen atoms in total. The Labute approximate surface area is 139 Å². The van der Waals surface area contributed by atoms with Crippen LogP contribution in [0.5, 0.6) is 0 Å². The maximum Gasteiger partial charge on any atom is 0.391 e. The van der Waals surface area contributed by atoms with Crippen molar-refractivity contribution in [1.29, 1.82) is 0 Å². The number of amides is 1. The van der Waals surface area contributed by atoms with Gasteiger partial charge in [0.25, 0.3) is 11.6 Å². The van der Waals surface area contributed by atoms with Gasteiger partial charge in [0.15, 0.2) is 0 Å². The van der Waals surface area contributed by atoms with Gasteiger partial charge in [-0.1, -0.05) is 5.16 Å². The summed E-state index contributed by atoms with van der Waals surface area (Å²) in [4.78, 5) is 27.8. The third-order valence-corrected chi connectivity index (χ3v) is 3.92. The Hall–Kier alpha value is -2.65. The Kier molecular flexibility index (Phi) is 4.13. The smallest absolute Gasteiger partial charge is 0.391 e. The van der Waals surface area contributed by atoms with E-state index in [4.69, 9.17) is 9.63 Å². The average molecular weight is 357 g/mol. The van der Waals surface area contributed by atoms with Crippen molar-refractivity contribution in [3.63, 3.8) is 0 Å². The first-order chi connectivity index (χ1) is 11.7. The number of hydrogen-bond donors (Lipinski definition) is 2. The maximum atomic E-state index is 12.5. The van der Waals surface area contributed by atoms with Gasteiger partial charge in [0.05, 0.1) is 23.1 Å². The van der Waals surface area contributed by atoms with Crippen molar-refractivity contribution < 1.29 is 32.4 Å². The normalized spacial score (nSPS) is 16.0.